The first-order valence-corrected chi connectivity index (χ1v) is 6.72. The standard InChI is InChI=1S/C11H16F3N3S/c1-15-8-3-2-4-17(6-8)7-10-16-5-9(18-10)11(12,13)14/h5,8,15H,2-4,6-7H2,1H3. The Morgan fingerprint density at radius 1 is 1.56 bits per heavy atom. The summed E-state index contributed by atoms with van der Waals surface area (Å²) in [7, 11) is 1.92. The molecule has 1 fully saturated rings. The topological polar surface area (TPSA) is 28.2 Å². The molecule has 0 spiro atoms. The van der Waals surface area contributed by atoms with Gasteiger partial charge in [0.05, 0.1) is 12.7 Å². The molecule has 1 atom stereocenters. The van der Waals surface area contributed by atoms with Crippen molar-refractivity contribution in [2.24, 2.45) is 0 Å². The first-order chi connectivity index (χ1) is 8.49. The highest BCUT2D eigenvalue weighted by atomic mass is 32.1. The van der Waals surface area contributed by atoms with E-state index in [4.69, 9.17) is 0 Å². The van der Waals surface area contributed by atoms with Crippen LogP contribution in [0.3, 0.4) is 0 Å². The molecule has 0 aromatic carbocycles. The summed E-state index contributed by atoms with van der Waals surface area (Å²) in [5.74, 6) is 0. The normalized spacial score (nSPS) is 22.3. The van der Waals surface area contributed by atoms with E-state index in [1.807, 2.05) is 7.05 Å². The first-order valence-electron chi connectivity index (χ1n) is 5.90. The second-order valence-corrected chi connectivity index (χ2v) is 5.59. The number of likely N-dealkylation sites (N-methyl/N-ethyl adjacent to an activating group) is 1. The van der Waals surface area contributed by atoms with Gasteiger partial charge in [0.2, 0.25) is 0 Å². The van der Waals surface area contributed by atoms with E-state index in [1.54, 1.807) is 0 Å². The van der Waals surface area contributed by atoms with Crippen LogP contribution in [0.25, 0.3) is 0 Å². The fourth-order valence-corrected chi connectivity index (χ4v) is 2.97. The molecule has 0 saturated carbocycles. The average Bonchev–Trinajstić information content (AvgIpc) is 2.77. The summed E-state index contributed by atoms with van der Waals surface area (Å²) >= 11 is 0.744. The summed E-state index contributed by atoms with van der Waals surface area (Å²) in [6, 6.07) is 0.431. The van der Waals surface area contributed by atoms with Gasteiger partial charge in [-0.3, -0.25) is 4.90 Å². The van der Waals surface area contributed by atoms with Crippen LogP contribution in [-0.4, -0.2) is 36.1 Å². The molecule has 0 amide bonds. The molecule has 1 aliphatic heterocycles. The summed E-state index contributed by atoms with van der Waals surface area (Å²) in [5, 5.41) is 3.75. The molecule has 0 radical (unpaired) electrons. The van der Waals surface area contributed by atoms with Crippen LogP contribution < -0.4 is 5.32 Å². The average molecular weight is 279 g/mol. The molecule has 102 valence electrons. The molecule has 1 saturated heterocycles. The van der Waals surface area contributed by atoms with Crippen LogP contribution in [0, 0.1) is 0 Å². The Labute approximate surface area is 108 Å². The van der Waals surface area contributed by atoms with Crippen molar-refractivity contribution in [2.75, 3.05) is 20.1 Å². The third kappa shape index (κ3) is 3.43. The lowest BCUT2D eigenvalue weighted by atomic mass is 10.1. The zero-order chi connectivity index (χ0) is 13.2. The van der Waals surface area contributed by atoms with Gasteiger partial charge in [0.15, 0.2) is 0 Å². The van der Waals surface area contributed by atoms with Crippen LogP contribution >= 0.6 is 11.3 Å². The number of nitrogens with one attached hydrogen (secondary N) is 1. The molecule has 2 rings (SSSR count). The number of halogens is 3. The van der Waals surface area contributed by atoms with Crippen molar-refractivity contribution in [2.45, 2.75) is 31.6 Å². The van der Waals surface area contributed by atoms with Gasteiger partial charge in [0, 0.05) is 12.6 Å². The number of piperidine rings is 1. The van der Waals surface area contributed by atoms with Gasteiger partial charge in [0.1, 0.15) is 9.88 Å². The van der Waals surface area contributed by atoms with Crippen LogP contribution in [-0.2, 0) is 12.7 Å². The van der Waals surface area contributed by atoms with Crippen LogP contribution in [0.1, 0.15) is 22.7 Å². The third-order valence-corrected chi connectivity index (χ3v) is 4.13. The number of alkyl halides is 3. The minimum absolute atomic E-state index is 0.431. The van der Waals surface area contributed by atoms with Crippen molar-refractivity contribution in [3.05, 3.63) is 16.1 Å². The van der Waals surface area contributed by atoms with Crippen LogP contribution in [0.15, 0.2) is 6.20 Å². The lowest BCUT2D eigenvalue weighted by Crippen LogP contribution is -2.43. The predicted octanol–water partition coefficient (Wildman–Crippen LogP) is 2.35. The monoisotopic (exact) mass is 279 g/mol. The molecular weight excluding hydrogens is 263 g/mol. The van der Waals surface area contributed by atoms with E-state index in [0.717, 1.165) is 43.5 Å². The Bertz CT molecular complexity index is 391. The number of hydrogen-bond acceptors (Lipinski definition) is 4. The molecule has 2 heterocycles. The van der Waals surface area contributed by atoms with Gasteiger partial charge >= 0.3 is 6.18 Å². The molecule has 1 aromatic rings. The Morgan fingerprint density at radius 2 is 2.33 bits per heavy atom. The number of likely N-dealkylation sites (tertiary alicyclic amines) is 1. The van der Waals surface area contributed by atoms with Crippen LogP contribution in [0.2, 0.25) is 0 Å². The van der Waals surface area contributed by atoms with Crippen molar-refractivity contribution < 1.29 is 13.2 Å². The maximum absolute atomic E-state index is 12.4. The number of aromatic nitrogens is 1. The molecule has 18 heavy (non-hydrogen) atoms. The van der Waals surface area contributed by atoms with Crippen molar-refractivity contribution in [1.29, 1.82) is 0 Å². The van der Waals surface area contributed by atoms with Crippen molar-refractivity contribution >= 4 is 11.3 Å². The molecule has 7 heteroatoms. The van der Waals surface area contributed by atoms with Gasteiger partial charge in [-0.05, 0) is 26.4 Å². The van der Waals surface area contributed by atoms with E-state index in [9.17, 15) is 13.2 Å². The molecule has 0 aliphatic carbocycles. The number of rotatable bonds is 3. The van der Waals surface area contributed by atoms with E-state index in [1.165, 1.54) is 0 Å². The highest BCUT2D eigenvalue weighted by Crippen LogP contribution is 2.33. The van der Waals surface area contributed by atoms with E-state index < -0.39 is 11.1 Å². The largest absolute Gasteiger partial charge is 0.427 e. The van der Waals surface area contributed by atoms with Gasteiger partial charge in [0.25, 0.3) is 0 Å². The fourth-order valence-electron chi connectivity index (χ4n) is 2.14. The molecule has 1 N–H and O–H groups in total. The Balaban J connectivity index is 1.95. The van der Waals surface area contributed by atoms with Crippen molar-refractivity contribution in [3.63, 3.8) is 0 Å². The SMILES string of the molecule is CNC1CCCN(Cc2ncc(C(F)(F)F)s2)C1. The molecule has 1 aromatic heterocycles. The van der Waals surface area contributed by atoms with Gasteiger partial charge in [-0.1, -0.05) is 0 Å². The number of thiazole rings is 1. The fraction of sp³-hybridized carbons (Fsp3) is 0.727. The Hall–Kier alpha value is -0.660. The maximum atomic E-state index is 12.4. The van der Waals surface area contributed by atoms with E-state index in [0.29, 0.717) is 17.6 Å². The smallest absolute Gasteiger partial charge is 0.316 e. The van der Waals surface area contributed by atoms with Crippen LogP contribution in [0.4, 0.5) is 13.2 Å². The highest BCUT2D eigenvalue weighted by Gasteiger charge is 2.33. The second-order valence-electron chi connectivity index (χ2n) is 4.48. The van der Waals surface area contributed by atoms with Crippen molar-refractivity contribution in [1.82, 2.24) is 15.2 Å². The number of hydrogen-bond donors (Lipinski definition) is 1. The second kappa shape index (κ2) is 5.54. The zero-order valence-corrected chi connectivity index (χ0v) is 10.9. The van der Waals surface area contributed by atoms with E-state index >= 15 is 0 Å². The summed E-state index contributed by atoms with van der Waals surface area (Å²) in [4.78, 5) is 5.41. The Kier molecular flexibility index (Phi) is 4.24. The van der Waals surface area contributed by atoms with E-state index in [-0.39, 0.29) is 0 Å². The zero-order valence-electron chi connectivity index (χ0n) is 10.1. The van der Waals surface area contributed by atoms with Gasteiger partial charge in [-0.25, -0.2) is 4.98 Å². The molecular formula is C11H16F3N3S. The minimum Gasteiger partial charge on any atom is -0.316 e. The summed E-state index contributed by atoms with van der Waals surface area (Å²) < 4.78 is 37.3. The number of nitrogens with zero attached hydrogens (tertiary/aromatic N) is 2. The maximum Gasteiger partial charge on any atom is 0.427 e. The van der Waals surface area contributed by atoms with Crippen LogP contribution in [0.5, 0.6) is 0 Å². The molecule has 3 nitrogen and oxygen atoms in total. The molecule has 1 aliphatic rings. The quantitative estimate of drug-likeness (QED) is 0.920. The highest BCUT2D eigenvalue weighted by molar-refractivity contribution is 7.11. The summed E-state index contributed by atoms with van der Waals surface area (Å²) in [5.41, 5.74) is 0. The molecule has 0 bridgehead atoms. The lowest BCUT2D eigenvalue weighted by Gasteiger charge is -2.31. The van der Waals surface area contributed by atoms with Gasteiger partial charge in [-0.15, -0.1) is 11.3 Å². The molecule has 1 unspecified atom stereocenters. The minimum atomic E-state index is -4.27. The Morgan fingerprint density at radius 3 is 2.94 bits per heavy atom. The van der Waals surface area contributed by atoms with Gasteiger partial charge < -0.3 is 5.32 Å². The first kappa shape index (κ1) is 13.8. The lowest BCUT2D eigenvalue weighted by molar-refractivity contribution is -0.134. The summed E-state index contributed by atoms with van der Waals surface area (Å²) in [6.07, 6.45) is -1.15. The predicted molar refractivity (Wildman–Crippen MR) is 64.5 cm³/mol. The van der Waals surface area contributed by atoms with E-state index in [2.05, 4.69) is 15.2 Å². The van der Waals surface area contributed by atoms with Crippen molar-refractivity contribution in [3.8, 4) is 0 Å². The van der Waals surface area contributed by atoms with Gasteiger partial charge in [-0.2, -0.15) is 13.2 Å². The third-order valence-electron chi connectivity index (χ3n) is 3.11. The summed E-state index contributed by atoms with van der Waals surface area (Å²) in [6.45, 7) is 2.31.